The van der Waals surface area contributed by atoms with Crippen molar-refractivity contribution in [2.24, 2.45) is 15.9 Å². The number of rotatable bonds is 8. The van der Waals surface area contributed by atoms with Crippen molar-refractivity contribution in [3.05, 3.63) is 57.7 Å². The van der Waals surface area contributed by atoms with E-state index in [2.05, 4.69) is 20.4 Å². The zero-order chi connectivity index (χ0) is 19.8. The van der Waals surface area contributed by atoms with Gasteiger partial charge in [-0.25, -0.2) is 9.98 Å². The lowest BCUT2D eigenvalue weighted by atomic mass is 10.0. The number of aliphatic imine (C=N–C) groups is 1. The zero-order valence-electron chi connectivity index (χ0n) is 15.1. The molecule has 0 radical (unpaired) electrons. The molecule has 1 heterocycles. The van der Waals surface area contributed by atoms with Crippen LogP contribution in [0.5, 0.6) is 0 Å². The molecule has 1 aromatic carbocycles. The van der Waals surface area contributed by atoms with Crippen molar-refractivity contribution in [3.63, 3.8) is 0 Å². The van der Waals surface area contributed by atoms with E-state index in [1.165, 1.54) is 0 Å². The van der Waals surface area contributed by atoms with Gasteiger partial charge < -0.3 is 11.2 Å². The number of nitrogens with zero attached hydrogens (tertiary/aromatic N) is 3. The minimum Gasteiger partial charge on any atom is -0.350 e. The maximum absolute atomic E-state index is 10.8. The van der Waals surface area contributed by atoms with Gasteiger partial charge in [0.1, 0.15) is 5.71 Å². The summed E-state index contributed by atoms with van der Waals surface area (Å²) in [5, 5.41) is 7.52. The van der Waals surface area contributed by atoms with Crippen LogP contribution in [0.15, 0.2) is 46.6 Å². The number of aryl methyl sites for hydroxylation is 2. The van der Waals surface area contributed by atoms with Crippen LogP contribution in [0.2, 0.25) is 10.0 Å². The van der Waals surface area contributed by atoms with E-state index in [1.54, 1.807) is 19.2 Å². The van der Waals surface area contributed by atoms with E-state index in [4.69, 9.17) is 29.0 Å². The molecule has 0 spiro atoms. The van der Waals surface area contributed by atoms with Gasteiger partial charge in [-0.05, 0) is 56.0 Å². The third-order valence-corrected chi connectivity index (χ3v) is 4.83. The van der Waals surface area contributed by atoms with E-state index in [0.29, 0.717) is 46.5 Å². The molecule has 2 aromatic rings. The summed E-state index contributed by atoms with van der Waals surface area (Å²) in [7, 11) is 0. The molecule has 1 unspecified atom stereocenters. The standard InChI is InChI=1S/C19H21Cl2N5O/c1-12-8-9-23-17(10-12)25-16(19(26-22)13(2)24-11-27)7-6-14-4-3-5-15(20)18(14)21/h3-5,8-11,13H,6-7,22H2,1-2H3,(H,24,27). The number of benzene rings is 1. The van der Waals surface area contributed by atoms with Crippen LogP contribution in [0, 0.1) is 6.92 Å². The van der Waals surface area contributed by atoms with Crippen molar-refractivity contribution in [2.45, 2.75) is 32.7 Å². The SMILES string of the molecule is Cc1ccnc(N=C(CCc2cccc(Cl)c2Cl)C(=NN)C(C)NC=O)c1. The first-order valence-electron chi connectivity index (χ1n) is 8.37. The average Bonchev–Trinajstić information content (AvgIpc) is 2.63. The fourth-order valence-electron chi connectivity index (χ4n) is 2.57. The number of aromatic nitrogens is 1. The van der Waals surface area contributed by atoms with Crippen LogP contribution < -0.4 is 11.2 Å². The molecule has 0 bridgehead atoms. The number of hydrogen-bond acceptors (Lipinski definition) is 5. The highest BCUT2D eigenvalue weighted by Gasteiger charge is 2.18. The van der Waals surface area contributed by atoms with Gasteiger partial charge in [-0.1, -0.05) is 35.3 Å². The Hall–Kier alpha value is -2.44. The molecule has 1 aromatic heterocycles. The highest BCUT2D eigenvalue weighted by molar-refractivity contribution is 6.45. The molecular formula is C19H21Cl2N5O. The first-order valence-corrected chi connectivity index (χ1v) is 9.12. The number of nitrogens with two attached hydrogens (primary N) is 1. The minimum atomic E-state index is -0.397. The maximum atomic E-state index is 10.8. The number of amides is 1. The highest BCUT2D eigenvalue weighted by Crippen LogP contribution is 2.26. The van der Waals surface area contributed by atoms with Crippen molar-refractivity contribution in [1.82, 2.24) is 10.3 Å². The first kappa shape index (κ1) is 20.9. The van der Waals surface area contributed by atoms with Gasteiger partial charge in [-0.2, -0.15) is 5.10 Å². The van der Waals surface area contributed by atoms with Crippen LogP contribution in [-0.4, -0.2) is 28.9 Å². The molecule has 1 amide bonds. The van der Waals surface area contributed by atoms with Gasteiger partial charge >= 0.3 is 0 Å². The topological polar surface area (TPSA) is 92.7 Å². The Morgan fingerprint density at radius 3 is 2.81 bits per heavy atom. The Morgan fingerprint density at radius 2 is 2.15 bits per heavy atom. The molecule has 142 valence electrons. The van der Waals surface area contributed by atoms with E-state index in [1.807, 2.05) is 31.2 Å². The number of hydrazone groups is 1. The normalized spacial score (nSPS) is 13.3. The molecule has 0 saturated carbocycles. The largest absolute Gasteiger partial charge is 0.350 e. The van der Waals surface area contributed by atoms with Crippen molar-refractivity contribution in [1.29, 1.82) is 0 Å². The van der Waals surface area contributed by atoms with Crippen LogP contribution in [0.3, 0.4) is 0 Å². The average molecular weight is 406 g/mol. The Bertz CT molecular complexity index is 867. The lowest BCUT2D eigenvalue weighted by Crippen LogP contribution is -2.38. The van der Waals surface area contributed by atoms with Crippen LogP contribution >= 0.6 is 23.2 Å². The van der Waals surface area contributed by atoms with Gasteiger partial charge in [0.15, 0.2) is 5.82 Å². The molecule has 0 fully saturated rings. The van der Waals surface area contributed by atoms with Gasteiger partial charge in [0.2, 0.25) is 6.41 Å². The summed E-state index contributed by atoms with van der Waals surface area (Å²) in [5.41, 5.74) is 3.02. The van der Waals surface area contributed by atoms with Gasteiger partial charge in [0.25, 0.3) is 0 Å². The fraction of sp³-hybridized carbons (Fsp3) is 0.263. The van der Waals surface area contributed by atoms with Crippen LogP contribution in [-0.2, 0) is 11.2 Å². The number of hydrogen-bond donors (Lipinski definition) is 2. The van der Waals surface area contributed by atoms with Gasteiger partial charge in [-0.15, -0.1) is 0 Å². The van der Waals surface area contributed by atoms with Gasteiger partial charge in [-0.3, -0.25) is 4.79 Å². The molecule has 0 aliphatic heterocycles. The van der Waals surface area contributed by atoms with Crippen LogP contribution in [0.1, 0.15) is 24.5 Å². The van der Waals surface area contributed by atoms with Gasteiger partial charge in [0.05, 0.1) is 21.8 Å². The summed E-state index contributed by atoms with van der Waals surface area (Å²) >= 11 is 12.4. The molecule has 0 saturated heterocycles. The fourth-order valence-corrected chi connectivity index (χ4v) is 2.99. The smallest absolute Gasteiger partial charge is 0.207 e. The monoisotopic (exact) mass is 405 g/mol. The molecule has 0 aliphatic carbocycles. The number of carbonyl (C=O) groups excluding carboxylic acids is 1. The van der Waals surface area contributed by atoms with Crippen LogP contribution in [0.25, 0.3) is 0 Å². The number of nitrogens with one attached hydrogen (secondary N) is 1. The second kappa shape index (κ2) is 10.0. The molecule has 0 aliphatic rings. The van der Waals surface area contributed by atoms with E-state index in [0.717, 1.165) is 11.1 Å². The third-order valence-electron chi connectivity index (χ3n) is 3.98. The zero-order valence-corrected chi connectivity index (χ0v) is 16.6. The molecule has 3 N–H and O–H groups in total. The summed E-state index contributed by atoms with van der Waals surface area (Å²) in [5.74, 6) is 6.14. The molecule has 6 nitrogen and oxygen atoms in total. The molecule has 8 heteroatoms. The van der Waals surface area contributed by atoms with Crippen molar-refractivity contribution < 1.29 is 4.79 Å². The molecule has 1 atom stereocenters. The Balaban J connectivity index is 2.36. The van der Waals surface area contributed by atoms with E-state index in [9.17, 15) is 4.79 Å². The Labute approximate surface area is 168 Å². The minimum absolute atomic E-state index is 0.397. The number of carbonyl (C=O) groups is 1. The summed E-state index contributed by atoms with van der Waals surface area (Å²) in [6, 6.07) is 8.84. The highest BCUT2D eigenvalue weighted by atomic mass is 35.5. The van der Waals surface area contributed by atoms with Gasteiger partial charge in [0, 0.05) is 6.20 Å². The summed E-state index contributed by atoms with van der Waals surface area (Å²) in [6.07, 6.45) is 3.37. The lowest BCUT2D eigenvalue weighted by molar-refractivity contribution is -0.109. The quantitative estimate of drug-likeness (QED) is 0.302. The van der Waals surface area contributed by atoms with Crippen molar-refractivity contribution in [2.75, 3.05) is 0 Å². The van der Waals surface area contributed by atoms with E-state index >= 15 is 0 Å². The molecule has 27 heavy (non-hydrogen) atoms. The summed E-state index contributed by atoms with van der Waals surface area (Å²) in [6.45, 7) is 3.74. The van der Waals surface area contributed by atoms with Crippen LogP contribution in [0.4, 0.5) is 5.82 Å². The number of halogens is 2. The van der Waals surface area contributed by atoms with E-state index in [-0.39, 0.29) is 0 Å². The number of pyridine rings is 1. The van der Waals surface area contributed by atoms with E-state index < -0.39 is 6.04 Å². The lowest BCUT2D eigenvalue weighted by Gasteiger charge is -2.16. The molecule has 2 rings (SSSR count). The maximum Gasteiger partial charge on any atom is 0.207 e. The Morgan fingerprint density at radius 1 is 1.37 bits per heavy atom. The first-order chi connectivity index (χ1) is 13.0. The second-order valence-corrected chi connectivity index (χ2v) is 6.77. The predicted octanol–water partition coefficient (Wildman–Crippen LogP) is 3.85. The Kier molecular flexibility index (Phi) is 7.76. The molecular weight excluding hydrogens is 385 g/mol. The summed E-state index contributed by atoms with van der Waals surface area (Å²) < 4.78 is 0. The second-order valence-electron chi connectivity index (χ2n) is 5.98. The van der Waals surface area contributed by atoms with Crippen molar-refractivity contribution in [3.8, 4) is 0 Å². The summed E-state index contributed by atoms with van der Waals surface area (Å²) in [4.78, 5) is 19.7. The predicted molar refractivity (Wildman–Crippen MR) is 111 cm³/mol. The third kappa shape index (κ3) is 5.77. The van der Waals surface area contributed by atoms with Crippen molar-refractivity contribution >= 4 is 46.9 Å².